The molecule has 1 aromatic carbocycles. The zero-order chi connectivity index (χ0) is 10.7. The molecule has 1 saturated heterocycles. The van der Waals surface area contributed by atoms with Crippen molar-refractivity contribution in [1.29, 1.82) is 0 Å². The molecule has 1 aromatic rings. The lowest BCUT2D eigenvalue weighted by molar-refractivity contribution is -0.0718. The summed E-state index contributed by atoms with van der Waals surface area (Å²) in [6.45, 7) is 1.92. The van der Waals surface area contributed by atoms with Crippen LogP contribution in [-0.4, -0.2) is 18.2 Å². The number of hydrogen-bond donors (Lipinski definition) is 0. The standard InChI is InChI=1S/C11H13Cl2NO.ClH/c12-9-5-4-6-10(11(9)13)15-14-7-2-1-3-8-14;/h4-6H,1-3,7-8H2;1H. The third-order valence-electron chi connectivity index (χ3n) is 2.46. The van der Waals surface area contributed by atoms with E-state index in [1.165, 1.54) is 19.3 Å². The molecule has 0 saturated carbocycles. The lowest BCUT2D eigenvalue weighted by atomic mass is 10.2. The fourth-order valence-corrected chi connectivity index (χ4v) is 1.98. The molecule has 0 spiro atoms. The van der Waals surface area contributed by atoms with E-state index >= 15 is 0 Å². The molecule has 0 bridgehead atoms. The van der Waals surface area contributed by atoms with Crippen molar-refractivity contribution in [2.75, 3.05) is 13.1 Å². The Kier molecular flexibility index (Phi) is 5.70. The molecule has 0 N–H and O–H groups in total. The molecule has 1 aliphatic heterocycles. The highest BCUT2D eigenvalue weighted by Crippen LogP contribution is 2.32. The second-order valence-corrected chi connectivity index (χ2v) is 4.42. The third-order valence-corrected chi connectivity index (χ3v) is 3.26. The predicted octanol–water partition coefficient (Wildman–Crippen LogP) is 4.19. The maximum Gasteiger partial charge on any atom is 0.167 e. The van der Waals surface area contributed by atoms with Gasteiger partial charge in [0.25, 0.3) is 0 Å². The lowest BCUT2D eigenvalue weighted by Gasteiger charge is -2.26. The molecule has 0 radical (unpaired) electrons. The van der Waals surface area contributed by atoms with E-state index in [4.69, 9.17) is 28.0 Å². The van der Waals surface area contributed by atoms with Crippen LogP contribution in [0.2, 0.25) is 10.0 Å². The summed E-state index contributed by atoms with van der Waals surface area (Å²) in [4.78, 5) is 5.68. The zero-order valence-electron chi connectivity index (χ0n) is 8.79. The SMILES string of the molecule is Cl.Clc1cccc(ON2CCCCC2)c1Cl. The van der Waals surface area contributed by atoms with Crippen molar-refractivity contribution in [3.05, 3.63) is 28.2 Å². The summed E-state index contributed by atoms with van der Waals surface area (Å²) in [5.74, 6) is 0.645. The lowest BCUT2D eigenvalue weighted by Crippen LogP contribution is -2.32. The first kappa shape index (κ1) is 13.9. The summed E-state index contributed by atoms with van der Waals surface area (Å²) < 4.78 is 0. The van der Waals surface area contributed by atoms with E-state index in [0.29, 0.717) is 15.8 Å². The first-order valence-corrected chi connectivity index (χ1v) is 5.90. The Morgan fingerprint density at radius 1 is 1.06 bits per heavy atom. The van der Waals surface area contributed by atoms with Crippen LogP contribution in [-0.2, 0) is 0 Å². The maximum absolute atomic E-state index is 6.03. The van der Waals surface area contributed by atoms with Gasteiger partial charge in [0.15, 0.2) is 5.75 Å². The number of benzene rings is 1. The largest absolute Gasteiger partial charge is 0.404 e. The van der Waals surface area contributed by atoms with Gasteiger partial charge in [0.2, 0.25) is 0 Å². The Labute approximate surface area is 112 Å². The van der Waals surface area contributed by atoms with E-state index < -0.39 is 0 Å². The number of halogens is 3. The summed E-state index contributed by atoms with van der Waals surface area (Å²) in [6, 6.07) is 5.43. The minimum atomic E-state index is 0. The van der Waals surface area contributed by atoms with Gasteiger partial charge in [0.05, 0.1) is 5.02 Å². The van der Waals surface area contributed by atoms with Gasteiger partial charge in [-0.3, -0.25) is 0 Å². The number of hydrogen-bond acceptors (Lipinski definition) is 2. The molecule has 5 heteroatoms. The second kappa shape index (κ2) is 6.55. The van der Waals surface area contributed by atoms with Gasteiger partial charge in [-0.2, -0.15) is 0 Å². The summed E-state index contributed by atoms with van der Waals surface area (Å²) in [7, 11) is 0. The number of nitrogens with zero attached hydrogens (tertiary/aromatic N) is 1. The summed E-state index contributed by atoms with van der Waals surface area (Å²) in [5, 5.41) is 2.97. The molecule has 0 atom stereocenters. The quantitative estimate of drug-likeness (QED) is 0.806. The first-order valence-electron chi connectivity index (χ1n) is 5.14. The van der Waals surface area contributed by atoms with Crippen molar-refractivity contribution in [2.45, 2.75) is 19.3 Å². The van der Waals surface area contributed by atoms with Crippen molar-refractivity contribution < 1.29 is 4.84 Å². The van der Waals surface area contributed by atoms with Crippen LogP contribution in [0.3, 0.4) is 0 Å². The van der Waals surface area contributed by atoms with E-state index in [9.17, 15) is 0 Å². The molecular formula is C11H14Cl3NO. The number of hydroxylamine groups is 2. The smallest absolute Gasteiger partial charge is 0.167 e. The monoisotopic (exact) mass is 281 g/mol. The molecule has 0 unspecified atom stereocenters. The Balaban J connectivity index is 0.00000128. The molecule has 1 aliphatic rings. The molecule has 1 heterocycles. The van der Waals surface area contributed by atoms with Crippen molar-refractivity contribution in [1.82, 2.24) is 5.06 Å². The highest BCUT2D eigenvalue weighted by Gasteiger charge is 2.14. The minimum Gasteiger partial charge on any atom is -0.404 e. The van der Waals surface area contributed by atoms with Gasteiger partial charge >= 0.3 is 0 Å². The molecular weight excluding hydrogens is 268 g/mol. The fourth-order valence-electron chi connectivity index (χ4n) is 1.65. The van der Waals surface area contributed by atoms with Gasteiger partial charge in [0.1, 0.15) is 5.02 Å². The average molecular weight is 283 g/mol. The zero-order valence-corrected chi connectivity index (χ0v) is 11.1. The summed E-state index contributed by atoms with van der Waals surface area (Å²) >= 11 is 11.9. The van der Waals surface area contributed by atoms with Crippen LogP contribution >= 0.6 is 35.6 Å². The molecule has 16 heavy (non-hydrogen) atoms. The molecule has 2 rings (SSSR count). The minimum absolute atomic E-state index is 0. The van der Waals surface area contributed by atoms with Gasteiger partial charge in [-0.1, -0.05) is 35.7 Å². The van der Waals surface area contributed by atoms with Crippen LogP contribution < -0.4 is 4.84 Å². The first-order chi connectivity index (χ1) is 7.27. The van der Waals surface area contributed by atoms with Gasteiger partial charge < -0.3 is 4.84 Å². The molecule has 2 nitrogen and oxygen atoms in total. The summed E-state index contributed by atoms with van der Waals surface area (Å²) in [6.07, 6.45) is 3.64. The molecule has 90 valence electrons. The van der Waals surface area contributed by atoms with Crippen LogP contribution in [0.25, 0.3) is 0 Å². The average Bonchev–Trinajstić information content (AvgIpc) is 2.26. The Hall–Kier alpha value is -0.150. The van der Waals surface area contributed by atoms with E-state index in [1.807, 2.05) is 17.2 Å². The normalized spacial score (nSPS) is 16.6. The Bertz CT molecular complexity index is 340. The Morgan fingerprint density at radius 2 is 1.75 bits per heavy atom. The molecule has 0 amide bonds. The second-order valence-electron chi connectivity index (χ2n) is 3.63. The van der Waals surface area contributed by atoms with Crippen molar-refractivity contribution in [2.24, 2.45) is 0 Å². The van der Waals surface area contributed by atoms with E-state index in [2.05, 4.69) is 0 Å². The van der Waals surface area contributed by atoms with E-state index in [0.717, 1.165) is 13.1 Å². The van der Waals surface area contributed by atoms with Crippen LogP contribution in [0.4, 0.5) is 0 Å². The Morgan fingerprint density at radius 3 is 2.44 bits per heavy atom. The highest BCUT2D eigenvalue weighted by molar-refractivity contribution is 6.42. The van der Waals surface area contributed by atoms with Crippen LogP contribution in [0.15, 0.2) is 18.2 Å². The van der Waals surface area contributed by atoms with Crippen molar-refractivity contribution in [3.8, 4) is 5.75 Å². The van der Waals surface area contributed by atoms with Gasteiger partial charge in [0, 0.05) is 13.1 Å². The van der Waals surface area contributed by atoms with Crippen molar-refractivity contribution >= 4 is 35.6 Å². The highest BCUT2D eigenvalue weighted by atomic mass is 35.5. The van der Waals surface area contributed by atoms with E-state index in [1.54, 1.807) is 6.07 Å². The molecule has 1 fully saturated rings. The molecule has 0 aliphatic carbocycles. The van der Waals surface area contributed by atoms with Crippen LogP contribution in [0, 0.1) is 0 Å². The van der Waals surface area contributed by atoms with Crippen LogP contribution in [0.1, 0.15) is 19.3 Å². The molecule has 0 aromatic heterocycles. The fraction of sp³-hybridized carbons (Fsp3) is 0.455. The van der Waals surface area contributed by atoms with Gasteiger partial charge in [-0.25, -0.2) is 0 Å². The van der Waals surface area contributed by atoms with Crippen molar-refractivity contribution in [3.63, 3.8) is 0 Å². The third kappa shape index (κ3) is 3.42. The number of rotatable bonds is 2. The summed E-state index contributed by atoms with van der Waals surface area (Å²) in [5.41, 5.74) is 0. The van der Waals surface area contributed by atoms with Crippen LogP contribution in [0.5, 0.6) is 5.75 Å². The van der Waals surface area contributed by atoms with Gasteiger partial charge in [-0.15, -0.1) is 17.5 Å². The topological polar surface area (TPSA) is 12.5 Å². The van der Waals surface area contributed by atoms with Gasteiger partial charge in [-0.05, 0) is 25.0 Å². The predicted molar refractivity (Wildman–Crippen MR) is 69.8 cm³/mol. The maximum atomic E-state index is 6.03. The number of piperidine rings is 1. The van der Waals surface area contributed by atoms with E-state index in [-0.39, 0.29) is 12.4 Å².